The number of benzene rings is 1. The molecule has 1 amide bonds. The minimum atomic E-state index is -0.873. The number of rotatable bonds is 4. The molecule has 1 aromatic rings. The van der Waals surface area contributed by atoms with Crippen molar-refractivity contribution >= 4 is 5.91 Å². The zero-order valence-corrected chi connectivity index (χ0v) is 14.2. The number of carbonyl (C=O) groups is 1. The summed E-state index contributed by atoms with van der Waals surface area (Å²) in [4.78, 5) is 15.0. The van der Waals surface area contributed by atoms with Gasteiger partial charge in [-0.15, -0.1) is 0 Å². The van der Waals surface area contributed by atoms with Crippen LogP contribution in [0.1, 0.15) is 31.2 Å². The Morgan fingerprint density at radius 3 is 2.54 bits per heavy atom. The second-order valence-corrected chi connectivity index (χ2v) is 7.20. The quantitative estimate of drug-likeness (QED) is 0.872. The van der Waals surface area contributed by atoms with Crippen LogP contribution in [0.2, 0.25) is 0 Å². The molecule has 1 aliphatic carbocycles. The number of likely N-dealkylation sites (N-methyl/N-ethyl adjacent to an activating group) is 1. The minimum Gasteiger partial charge on any atom is -0.390 e. The Labute approximate surface area is 143 Å². The van der Waals surface area contributed by atoms with Crippen molar-refractivity contribution < 1.29 is 19.7 Å². The highest BCUT2D eigenvalue weighted by atomic mass is 16.5. The Balaban J connectivity index is 1.76. The lowest BCUT2D eigenvalue weighted by Gasteiger charge is -2.38. The Kier molecular flexibility index (Phi) is 5.23. The van der Waals surface area contributed by atoms with Gasteiger partial charge in [0.15, 0.2) is 0 Å². The number of hydrogen-bond acceptors (Lipinski definition) is 4. The Hall–Kier alpha value is -1.43. The molecule has 1 saturated carbocycles. The highest BCUT2D eigenvalue weighted by Gasteiger charge is 2.45. The fraction of sp³-hybridized carbons (Fsp3) is 0.632. The second kappa shape index (κ2) is 7.21. The maximum Gasteiger partial charge on any atom is 0.232 e. The summed E-state index contributed by atoms with van der Waals surface area (Å²) in [5, 5.41) is 19.9. The summed E-state index contributed by atoms with van der Waals surface area (Å²) in [6.45, 7) is 0.920. The average Bonchev–Trinajstić information content (AvgIpc) is 3.10. The molecule has 1 aliphatic heterocycles. The third kappa shape index (κ3) is 3.21. The van der Waals surface area contributed by atoms with Gasteiger partial charge in [-0.1, -0.05) is 43.2 Å². The minimum absolute atomic E-state index is 0.110. The average molecular weight is 333 g/mol. The van der Waals surface area contributed by atoms with Crippen molar-refractivity contribution in [3.63, 3.8) is 0 Å². The number of ether oxygens (including phenoxy) is 1. The molecule has 1 aromatic carbocycles. The van der Waals surface area contributed by atoms with Crippen molar-refractivity contribution in [3.8, 4) is 0 Å². The molecule has 3 rings (SSSR count). The number of hydrogen-bond donors (Lipinski definition) is 2. The first kappa shape index (κ1) is 17.4. The summed E-state index contributed by atoms with van der Waals surface area (Å²) in [7, 11) is 1.79. The van der Waals surface area contributed by atoms with Gasteiger partial charge in [0.05, 0.1) is 24.7 Å². The number of amides is 1. The summed E-state index contributed by atoms with van der Waals surface area (Å²) >= 11 is 0. The zero-order valence-electron chi connectivity index (χ0n) is 14.2. The van der Waals surface area contributed by atoms with Gasteiger partial charge in [0.25, 0.3) is 0 Å². The van der Waals surface area contributed by atoms with Crippen LogP contribution in [0.25, 0.3) is 0 Å². The maximum absolute atomic E-state index is 13.3. The summed E-state index contributed by atoms with van der Waals surface area (Å²) in [5.74, 6) is -0.143. The predicted octanol–water partition coefficient (Wildman–Crippen LogP) is 1.32. The van der Waals surface area contributed by atoms with Gasteiger partial charge in [-0.2, -0.15) is 0 Å². The van der Waals surface area contributed by atoms with Crippen LogP contribution in [0.15, 0.2) is 30.3 Å². The largest absolute Gasteiger partial charge is 0.390 e. The summed E-state index contributed by atoms with van der Waals surface area (Å²) in [6.07, 6.45) is 2.14. The normalized spacial score (nSPS) is 29.4. The molecule has 2 fully saturated rings. The first-order chi connectivity index (χ1) is 11.5. The van der Waals surface area contributed by atoms with Crippen LogP contribution in [-0.4, -0.2) is 60.0 Å². The molecular formula is C19H27NO4. The number of aliphatic hydroxyl groups excluding tert-OH is 2. The molecule has 0 aromatic heterocycles. The van der Waals surface area contributed by atoms with E-state index in [4.69, 9.17) is 4.74 Å². The van der Waals surface area contributed by atoms with E-state index in [9.17, 15) is 15.0 Å². The van der Waals surface area contributed by atoms with Gasteiger partial charge in [-0.05, 0) is 18.4 Å². The number of aliphatic hydroxyl groups is 2. The van der Waals surface area contributed by atoms with E-state index >= 15 is 0 Å². The van der Waals surface area contributed by atoms with Crippen LogP contribution in [0.3, 0.4) is 0 Å². The molecule has 0 radical (unpaired) electrons. The lowest BCUT2D eigenvalue weighted by molar-refractivity contribution is -0.144. The van der Waals surface area contributed by atoms with Gasteiger partial charge in [0, 0.05) is 19.5 Å². The number of carbonyl (C=O) groups excluding carboxylic acids is 1. The van der Waals surface area contributed by atoms with Gasteiger partial charge in [-0.25, -0.2) is 0 Å². The zero-order chi connectivity index (χ0) is 17.2. The van der Waals surface area contributed by atoms with E-state index in [0.717, 1.165) is 31.2 Å². The molecule has 3 atom stereocenters. The van der Waals surface area contributed by atoms with Crippen molar-refractivity contribution in [1.29, 1.82) is 0 Å². The van der Waals surface area contributed by atoms with Crippen molar-refractivity contribution in [2.24, 2.45) is 5.92 Å². The molecule has 2 aliphatic rings. The van der Waals surface area contributed by atoms with Crippen LogP contribution >= 0.6 is 0 Å². The van der Waals surface area contributed by atoms with Gasteiger partial charge < -0.3 is 19.8 Å². The smallest absolute Gasteiger partial charge is 0.232 e. The van der Waals surface area contributed by atoms with Crippen molar-refractivity contribution in [1.82, 2.24) is 4.90 Å². The Morgan fingerprint density at radius 2 is 1.88 bits per heavy atom. The van der Waals surface area contributed by atoms with Crippen molar-refractivity contribution in [2.45, 2.75) is 43.3 Å². The van der Waals surface area contributed by atoms with Crippen LogP contribution in [0.5, 0.6) is 0 Å². The molecule has 1 saturated heterocycles. The van der Waals surface area contributed by atoms with Crippen molar-refractivity contribution in [3.05, 3.63) is 35.9 Å². The molecule has 24 heavy (non-hydrogen) atoms. The third-order valence-electron chi connectivity index (χ3n) is 5.55. The molecule has 0 bridgehead atoms. The van der Waals surface area contributed by atoms with Crippen LogP contribution < -0.4 is 0 Å². The topological polar surface area (TPSA) is 70.0 Å². The van der Waals surface area contributed by atoms with E-state index < -0.39 is 17.6 Å². The van der Waals surface area contributed by atoms with Gasteiger partial charge in [0.2, 0.25) is 5.91 Å². The SMILES string of the molecule is CN(C[C@@H]1COC[C@@H](O)[C@H]1O)C(=O)C1(c2ccccc2)CCCC1. The van der Waals surface area contributed by atoms with E-state index in [2.05, 4.69) is 0 Å². The second-order valence-electron chi connectivity index (χ2n) is 7.20. The molecule has 5 heteroatoms. The van der Waals surface area contributed by atoms with E-state index in [0.29, 0.717) is 13.2 Å². The van der Waals surface area contributed by atoms with Crippen LogP contribution in [0, 0.1) is 5.92 Å². The fourth-order valence-corrected chi connectivity index (χ4v) is 4.17. The van der Waals surface area contributed by atoms with E-state index in [1.807, 2.05) is 30.3 Å². The molecule has 1 heterocycles. The standard InChI is InChI=1S/C19H27NO4/c1-20(11-14-12-24-13-16(21)17(14)22)18(23)19(9-5-6-10-19)15-7-3-2-4-8-15/h2-4,7-8,14,16-17,21-22H,5-6,9-13H2,1H3/t14-,16-,17+/m1/s1. The Bertz CT molecular complexity index is 556. The summed E-state index contributed by atoms with van der Waals surface area (Å²) < 4.78 is 5.33. The maximum atomic E-state index is 13.3. The lowest BCUT2D eigenvalue weighted by Crippen LogP contribution is -2.51. The van der Waals surface area contributed by atoms with Crippen LogP contribution in [0.4, 0.5) is 0 Å². The number of nitrogens with zero attached hydrogens (tertiary/aromatic N) is 1. The van der Waals surface area contributed by atoms with E-state index in [1.54, 1.807) is 11.9 Å². The molecule has 0 spiro atoms. The predicted molar refractivity (Wildman–Crippen MR) is 90.5 cm³/mol. The van der Waals surface area contributed by atoms with Crippen molar-refractivity contribution in [2.75, 3.05) is 26.8 Å². The van der Waals surface area contributed by atoms with Gasteiger partial charge >= 0.3 is 0 Å². The molecular weight excluding hydrogens is 306 g/mol. The third-order valence-corrected chi connectivity index (χ3v) is 5.55. The fourth-order valence-electron chi connectivity index (χ4n) is 4.17. The Morgan fingerprint density at radius 1 is 1.21 bits per heavy atom. The van der Waals surface area contributed by atoms with Gasteiger partial charge in [-0.3, -0.25) is 4.79 Å². The lowest BCUT2D eigenvalue weighted by atomic mass is 9.77. The first-order valence-electron chi connectivity index (χ1n) is 8.79. The molecule has 0 unspecified atom stereocenters. The van der Waals surface area contributed by atoms with Crippen LogP contribution in [-0.2, 0) is 14.9 Å². The summed E-state index contributed by atoms with van der Waals surface area (Å²) in [5.41, 5.74) is 0.634. The molecule has 132 valence electrons. The highest BCUT2D eigenvalue weighted by molar-refractivity contribution is 5.88. The summed E-state index contributed by atoms with van der Waals surface area (Å²) in [6, 6.07) is 10.0. The van der Waals surface area contributed by atoms with E-state index in [1.165, 1.54) is 0 Å². The van der Waals surface area contributed by atoms with Gasteiger partial charge in [0.1, 0.15) is 6.10 Å². The molecule has 5 nitrogen and oxygen atoms in total. The first-order valence-corrected chi connectivity index (χ1v) is 8.79. The highest BCUT2D eigenvalue weighted by Crippen LogP contribution is 2.42. The molecule has 2 N–H and O–H groups in total. The monoisotopic (exact) mass is 333 g/mol. The van der Waals surface area contributed by atoms with E-state index in [-0.39, 0.29) is 18.4 Å².